The third kappa shape index (κ3) is 4.46. The summed E-state index contributed by atoms with van der Waals surface area (Å²) in [4.78, 5) is 0.319. The van der Waals surface area contributed by atoms with Crippen molar-refractivity contribution in [2.75, 3.05) is 19.7 Å². The van der Waals surface area contributed by atoms with E-state index < -0.39 is 10.0 Å². The average molecular weight is 341 g/mol. The lowest BCUT2D eigenvalue weighted by Gasteiger charge is -2.34. The third-order valence-electron chi connectivity index (χ3n) is 3.93. The van der Waals surface area contributed by atoms with Gasteiger partial charge in [0, 0.05) is 13.1 Å². The second-order valence-electron chi connectivity index (χ2n) is 6.21. The molecule has 0 bridgehead atoms. The van der Waals surface area contributed by atoms with Gasteiger partial charge in [0.15, 0.2) is 0 Å². The van der Waals surface area contributed by atoms with Crippen LogP contribution in [0, 0.1) is 6.92 Å². The second-order valence-corrected chi connectivity index (χ2v) is 8.15. The maximum absolute atomic E-state index is 12.8. The first-order valence-electron chi connectivity index (χ1n) is 8.23. The fourth-order valence-electron chi connectivity index (χ4n) is 2.75. The number of morpholine rings is 1. The third-order valence-corrected chi connectivity index (χ3v) is 5.75. The van der Waals surface area contributed by atoms with E-state index in [0.29, 0.717) is 24.6 Å². The van der Waals surface area contributed by atoms with E-state index in [1.165, 1.54) is 4.31 Å². The number of sulfonamides is 1. The minimum absolute atomic E-state index is 0.0914. The van der Waals surface area contributed by atoms with Crippen molar-refractivity contribution < 1.29 is 17.9 Å². The van der Waals surface area contributed by atoms with E-state index in [-0.39, 0.29) is 12.2 Å². The maximum Gasteiger partial charge on any atom is 0.243 e. The van der Waals surface area contributed by atoms with Crippen LogP contribution >= 0.6 is 0 Å². The standard InChI is InChI=1S/C17H27NO4S/c1-5-6-9-21-17-8-7-16(10-13(17)2)23(19,20)18-11-14(3)22-15(4)12-18/h7-8,10,14-15H,5-6,9,11-12H2,1-4H3. The van der Waals surface area contributed by atoms with Crippen LogP contribution in [0.15, 0.2) is 23.1 Å². The normalized spacial score (nSPS) is 23.0. The summed E-state index contributed by atoms with van der Waals surface area (Å²) in [5.74, 6) is 0.751. The minimum atomic E-state index is -3.49. The first-order chi connectivity index (χ1) is 10.8. The van der Waals surface area contributed by atoms with Gasteiger partial charge >= 0.3 is 0 Å². The van der Waals surface area contributed by atoms with Crippen molar-refractivity contribution in [2.45, 2.75) is 57.6 Å². The molecule has 130 valence electrons. The lowest BCUT2D eigenvalue weighted by atomic mass is 10.2. The van der Waals surface area contributed by atoms with Gasteiger partial charge in [0.05, 0.1) is 23.7 Å². The predicted octanol–water partition coefficient (Wildman–Crippen LogP) is 2.97. The lowest BCUT2D eigenvalue weighted by molar-refractivity contribution is -0.0440. The van der Waals surface area contributed by atoms with Gasteiger partial charge in [0.2, 0.25) is 10.0 Å². The van der Waals surface area contributed by atoms with Crippen LogP contribution in [0.5, 0.6) is 5.75 Å². The van der Waals surface area contributed by atoms with Crippen LogP contribution in [0.4, 0.5) is 0 Å². The van der Waals surface area contributed by atoms with E-state index in [4.69, 9.17) is 9.47 Å². The van der Waals surface area contributed by atoms with Crippen LogP contribution in [-0.4, -0.2) is 44.6 Å². The molecule has 2 atom stereocenters. The summed E-state index contributed by atoms with van der Waals surface area (Å²) in [5.41, 5.74) is 0.844. The SMILES string of the molecule is CCCCOc1ccc(S(=O)(=O)N2CC(C)OC(C)C2)cc1C. The van der Waals surface area contributed by atoms with Crippen LogP contribution < -0.4 is 4.74 Å². The summed E-state index contributed by atoms with van der Waals surface area (Å²) in [5, 5.41) is 0. The van der Waals surface area contributed by atoms with Crippen molar-refractivity contribution in [2.24, 2.45) is 0 Å². The zero-order valence-corrected chi connectivity index (χ0v) is 15.2. The Morgan fingerprint density at radius 2 is 1.91 bits per heavy atom. The highest BCUT2D eigenvalue weighted by Crippen LogP contribution is 2.26. The van der Waals surface area contributed by atoms with E-state index in [9.17, 15) is 8.42 Å². The fourth-order valence-corrected chi connectivity index (χ4v) is 4.42. The molecule has 0 spiro atoms. The van der Waals surface area contributed by atoms with Crippen molar-refractivity contribution in [3.63, 3.8) is 0 Å². The van der Waals surface area contributed by atoms with Gasteiger partial charge < -0.3 is 9.47 Å². The van der Waals surface area contributed by atoms with Crippen LogP contribution in [0.25, 0.3) is 0 Å². The zero-order valence-electron chi connectivity index (χ0n) is 14.4. The summed E-state index contributed by atoms with van der Waals surface area (Å²) in [6, 6.07) is 5.08. The highest BCUT2D eigenvalue weighted by Gasteiger charge is 2.32. The second kappa shape index (κ2) is 7.64. The smallest absolute Gasteiger partial charge is 0.243 e. The Bertz CT molecular complexity index is 619. The Morgan fingerprint density at radius 1 is 1.26 bits per heavy atom. The summed E-state index contributed by atoms with van der Waals surface area (Å²) < 4.78 is 38.5. The van der Waals surface area contributed by atoms with Gasteiger partial charge in [0.1, 0.15) is 5.75 Å². The number of benzene rings is 1. The van der Waals surface area contributed by atoms with E-state index in [2.05, 4.69) is 6.92 Å². The summed E-state index contributed by atoms with van der Waals surface area (Å²) in [6.07, 6.45) is 1.87. The highest BCUT2D eigenvalue weighted by atomic mass is 32.2. The Balaban J connectivity index is 2.18. The van der Waals surface area contributed by atoms with Gasteiger partial charge in [-0.15, -0.1) is 0 Å². The van der Waals surface area contributed by atoms with E-state index in [1.54, 1.807) is 18.2 Å². The maximum atomic E-state index is 12.8. The molecule has 0 radical (unpaired) electrons. The number of rotatable bonds is 6. The lowest BCUT2D eigenvalue weighted by Crippen LogP contribution is -2.48. The van der Waals surface area contributed by atoms with Gasteiger partial charge in [-0.25, -0.2) is 8.42 Å². The van der Waals surface area contributed by atoms with Gasteiger partial charge in [-0.1, -0.05) is 13.3 Å². The number of unbranched alkanes of at least 4 members (excludes halogenated alkanes) is 1. The molecular weight excluding hydrogens is 314 g/mol. The molecule has 0 N–H and O–H groups in total. The largest absolute Gasteiger partial charge is 0.493 e. The Kier molecular flexibility index (Phi) is 6.06. The first-order valence-corrected chi connectivity index (χ1v) is 9.67. The monoisotopic (exact) mass is 341 g/mol. The number of nitrogens with zero attached hydrogens (tertiary/aromatic N) is 1. The van der Waals surface area contributed by atoms with E-state index >= 15 is 0 Å². The van der Waals surface area contributed by atoms with Crippen molar-refractivity contribution in [1.29, 1.82) is 0 Å². The molecule has 23 heavy (non-hydrogen) atoms. The van der Waals surface area contributed by atoms with Gasteiger partial charge in [-0.3, -0.25) is 0 Å². The minimum Gasteiger partial charge on any atom is -0.493 e. The van der Waals surface area contributed by atoms with Crippen molar-refractivity contribution >= 4 is 10.0 Å². The molecule has 0 aliphatic carbocycles. The molecular formula is C17H27NO4S. The van der Waals surface area contributed by atoms with Crippen molar-refractivity contribution in [3.8, 4) is 5.75 Å². The molecule has 5 nitrogen and oxygen atoms in total. The Labute approximate surface area is 139 Å². The molecule has 0 amide bonds. The Morgan fingerprint density at radius 3 is 2.48 bits per heavy atom. The van der Waals surface area contributed by atoms with Crippen molar-refractivity contribution in [1.82, 2.24) is 4.31 Å². The average Bonchev–Trinajstić information content (AvgIpc) is 2.48. The predicted molar refractivity (Wildman–Crippen MR) is 90.3 cm³/mol. The molecule has 1 aromatic rings. The molecule has 1 saturated heterocycles. The van der Waals surface area contributed by atoms with Gasteiger partial charge in [-0.2, -0.15) is 4.31 Å². The molecule has 1 heterocycles. The van der Waals surface area contributed by atoms with Crippen LogP contribution in [0.1, 0.15) is 39.2 Å². The Hall–Kier alpha value is -1.11. The first kappa shape index (κ1) is 18.2. The quantitative estimate of drug-likeness (QED) is 0.747. The topological polar surface area (TPSA) is 55.8 Å². The molecule has 0 saturated carbocycles. The van der Waals surface area contributed by atoms with Crippen molar-refractivity contribution in [3.05, 3.63) is 23.8 Å². The molecule has 6 heteroatoms. The van der Waals surface area contributed by atoms with E-state index in [1.807, 2.05) is 20.8 Å². The number of ether oxygens (including phenoxy) is 2. The van der Waals surface area contributed by atoms with Crippen LogP contribution in [0.2, 0.25) is 0 Å². The summed E-state index contributed by atoms with van der Waals surface area (Å²) >= 11 is 0. The van der Waals surface area contributed by atoms with Crippen LogP contribution in [-0.2, 0) is 14.8 Å². The van der Waals surface area contributed by atoms with Gasteiger partial charge in [-0.05, 0) is 51.0 Å². The molecule has 1 aromatic carbocycles. The zero-order chi connectivity index (χ0) is 17.0. The molecule has 0 aromatic heterocycles. The molecule has 2 rings (SSSR count). The molecule has 1 aliphatic heterocycles. The van der Waals surface area contributed by atoms with Gasteiger partial charge in [0.25, 0.3) is 0 Å². The summed E-state index contributed by atoms with van der Waals surface area (Å²) in [6.45, 7) is 9.21. The van der Waals surface area contributed by atoms with Crippen LogP contribution in [0.3, 0.4) is 0 Å². The van der Waals surface area contributed by atoms with E-state index in [0.717, 1.165) is 24.2 Å². The molecule has 1 aliphatic rings. The fraction of sp³-hybridized carbons (Fsp3) is 0.647. The molecule has 1 fully saturated rings. The number of hydrogen-bond donors (Lipinski definition) is 0. The molecule has 2 unspecified atom stereocenters. The highest BCUT2D eigenvalue weighted by molar-refractivity contribution is 7.89. The summed E-state index contributed by atoms with van der Waals surface area (Å²) in [7, 11) is -3.49. The number of aryl methyl sites for hydroxylation is 1. The number of hydrogen-bond acceptors (Lipinski definition) is 4.